The summed E-state index contributed by atoms with van der Waals surface area (Å²) in [5.41, 5.74) is 0. The van der Waals surface area contributed by atoms with Crippen LogP contribution in [-0.4, -0.2) is 8.16 Å². The molecule has 0 fully saturated rings. The maximum Gasteiger partial charge on any atom is 0.0564 e. The fraction of sp³-hybridized carbons (Fsp3) is 1.00. The summed E-state index contributed by atoms with van der Waals surface area (Å²) >= 11 is 10.9. The molecule has 0 saturated heterocycles. The minimum absolute atomic E-state index is 0.0620. The topological polar surface area (TPSA) is 0 Å². The normalized spacial score (nSPS) is 22.4. The maximum absolute atomic E-state index is 4.55. The second-order valence-corrected chi connectivity index (χ2v) is 7.74. The molecule has 0 bridgehead atoms. The lowest BCUT2D eigenvalue weighted by Crippen LogP contribution is -2.20. The van der Waals surface area contributed by atoms with Gasteiger partial charge in [-0.25, -0.2) is 0 Å². The molecule has 0 amide bonds. The number of rotatable bonds is 4. The lowest BCUT2D eigenvalue weighted by molar-refractivity contribution is 0.803. The highest BCUT2D eigenvalue weighted by atomic mass is 32.2. The van der Waals surface area contributed by atoms with E-state index in [9.17, 15) is 0 Å². The molecule has 11 heavy (non-hydrogen) atoms. The van der Waals surface area contributed by atoms with Gasteiger partial charge in [-0.2, -0.15) is 25.3 Å². The molecule has 0 rings (SSSR count). The molecule has 0 saturated carbocycles. The Hall–Kier alpha value is 1.05. The average Bonchev–Trinajstić information content (AvgIpc) is 1.86. The lowest BCUT2D eigenvalue weighted by atomic mass is 10.3. The Labute approximate surface area is 85.7 Å². The summed E-state index contributed by atoms with van der Waals surface area (Å²) in [5, 5.41) is 0. The summed E-state index contributed by atoms with van der Waals surface area (Å²) in [7, 11) is 0. The number of hydrogen-bond acceptors (Lipinski definition) is 3. The smallest absolute Gasteiger partial charge is 0.0564 e. The van der Waals surface area contributed by atoms with Gasteiger partial charge in [0.25, 0.3) is 0 Å². The fourth-order valence-corrected chi connectivity index (χ4v) is 3.28. The molecule has 0 nitrogen and oxygen atoms in total. The van der Waals surface area contributed by atoms with Gasteiger partial charge >= 0.3 is 0 Å². The third-order valence-corrected chi connectivity index (χ3v) is 4.39. The van der Waals surface area contributed by atoms with E-state index in [1.54, 1.807) is 0 Å². The van der Waals surface area contributed by atoms with Crippen LogP contribution in [0.1, 0.15) is 40.5 Å². The fourth-order valence-electron chi connectivity index (χ4n) is 0.618. The zero-order chi connectivity index (χ0) is 9.12. The molecule has 68 valence electrons. The largest absolute Gasteiger partial charge is 0.162 e. The van der Waals surface area contributed by atoms with Gasteiger partial charge in [0.15, 0.2) is 0 Å². The summed E-state index contributed by atoms with van der Waals surface area (Å²) < 4.78 is 0.124. The van der Waals surface area contributed by atoms with Gasteiger partial charge in [0.1, 0.15) is 0 Å². The molecule has 0 aromatic heterocycles. The van der Waals surface area contributed by atoms with Crippen LogP contribution >= 0.6 is 37.0 Å². The van der Waals surface area contributed by atoms with Crippen LogP contribution in [0.5, 0.6) is 0 Å². The predicted octanol–water partition coefficient (Wildman–Crippen LogP) is 3.83. The van der Waals surface area contributed by atoms with Crippen LogP contribution in [0.4, 0.5) is 0 Å². The minimum atomic E-state index is 0.0620. The minimum Gasteiger partial charge on any atom is -0.162 e. The first-order valence-corrected chi connectivity index (χ1v) is 5.69. The van der Waals surface area contributed by atoms with E-state index >= 15 is 0 Å². The summed E-state index contributed by atoms with van der Waals surface area (Å²) in [6.07, 6.45) is 2.13. The van der Waals surface area contributed by atoms with Crippen LogP contribution in [0.25, 0.3) is 0 Å². The van der Waals surface area contributed by atoms with Crippen LogP contribution in [0, 0.1) is 0 Å². The molecule has 0 aliphatic heterocycles. The molecule has 2 unspecified atom stereocenters. The SMILES string of the molecule is CCC(C)(S)SC(C)(S)CC. The van der Waals surface area contributed by atoms with Gasteiger partial charge in [-0.3, -0.25) is 0 Å². The lowest BCUT2D eigenvalue weighted by Gasteiger charge is -2.31. The molecule has 0 aromatic rings. The molecule has 0 aliphatic carbocycles. The van der Waals surface area contributed by atoms with Crippen LogP contribution in [0.15, 0.2) is 0 Å². The van der Waals surface area contributed by atoms with Gasteiger partial charge in [0.2, 0.25) is 0 Å². The van der Waals surface area contributed by atoms with Crippen LogP contribution < -0.4 is 0 Å². The van der Waals surface area contributed by atoms with Crippen molar-refractivity contribution in [2.24, 2.45) is 0 Å². The number of hydrogen-bond donors (Lipinski definition) is 2. The zero-order valence-electron chi connectivity index (χ0n) is 7.72. The molecule has 0 N–H and O–H groups in total. The Bertz CT molecular complexity index is 105. The van der Waals surface area contributed by atoms with E-state index in [4.69, 9.17) is 0 Å². The Morgan fingerprint density at radius 1 is 1.00 bits per heavy atom. The molecule has 3 heteroatoms. The van der Waals surface area contributed by atoms with Gasteiger partial charge in [-0.05, 0) is 26.7 Å². The molecule has 0 aromatic carbocycles. The van der Waals surface area contributed by atoms with E-state index in [1.165, 1.54) is 0 Å². The molecule has 0 spiro atoms. The Kier molecular flexibility index (Phi) is 4.75. The Balaban J connectivity index is 4.02. The van der Waals surface area contributed by atoms with Crippen molar-refractivity contribution in [1.29, 1.82) is 0 Å². The summed E-state index contributed by atoms with van der Waals surface area (Å²) in [6.45, 7) is 8.59. The van der Waals surface area contributed by atoms with E-state index in [0.717, 1.165) is 12.8 Å². The summed E-state index contributed by atoms with van der Waals surface area (Å²) in [6, 6.07) is 0. The van der Waals surface area contributed by atoms with Crippen LogP contribution in [-0.2, 0) is 0 Å². The Morgan fingerprint density at radius 3 is 1.45 bits per heavy atom. The average molecular weight is 210 g/mol. The molecule has 0 radical (unpaired) electrons. The van der Waals surface area contributed by atoms with Crippen LogP contribution in [0.3, 0.4) is 0 Å². The van der Waals surface area contributed by atoms with Gasteiger partial charge in [0.05, 0.1) is 8.16 Å². The van der Waals surface area contributed by atoms with Crippen LogP contribution in [0.2, 0.25) is 0 Å². The molecular formula is C8H18S3. The number of thioether (sulfide) groups is 1. The molecule has 0 aliphatic rings. The third kappa shape index (κ3) is 5.31. The van der Waals surface area contributed by atoms with Crippen molar-refractivity contribution in [1.82, 2.24) is 0 Å². The summed E-state index contributed by atoms with van der Waals surface area (Å²) in [5.74, 6) is 0. The van der Waals surface area contributed by atoms with Crippen molar-refractivity contribution in [2.45, 2.75) is 48.7 Å². The maximum atomic E-state index is 4.55. The zero-order valence-corrected chi connectivity index (χ0v) is 10.3. The molecule has 2 atom stereocenters. The monoisotopic (exact) mass is 210 g/mol. The highest BCUT2D eigenvalue weighted by Gasteiger charge is 2.27. The third-order valence-electron chi connectivity index (χ3n) is 1.75. The van der Waals surface area contributed by atoms with E-state index in [1.807, 2.05) is 11.8 Å². The Morgan fingerprint density at radius 2 is 1.27 bits per heavy atom. The van der Waals surface area contributed by atoms with Gasteiger partial charge in [-0.1, -0.05) is 13.8 Å². The number of thiol groups is 2. The second kappa shape index (κ2) is 4.33. The van der Waals surface area contributed by atoms with Crippen molar-refractivity contribution < 1.29 is 0 Å². The molecular weight excluding hydrogens is 192 g/mol. The van der Waals surface area contributed by atoms with E-state index in [0.29, 0.717) is 0 Å². The highest BCUT2D eigenvalue weighted by Crippen LogP contribution is 2.45. The van der Waals surface area contributed by atoms with Gasteiger partial charge in [0, 0.05) is 0 Å². The van der Waals surface area contributed by atoms with E-state index < -0.39 is 0 Å². The predicted molar refractivity (Wildman–Crippen MR) is 63.0 cm³/mol. The summed E-state index contributed by atoms with van der Waals surface area (Å²) in [4.78, 5) is 0. The van der Waals surface area contributed by atoms with Crippen molar-refractivity contribution in [2.75, 3.05) is 0 Å². The van der Waals surface area contributed by atoms with Crippen molar-refractivity contribution in [3.05, 3.63) is 0 Å². The van der Waals surface area contributed by atoms with Crippen molar-refractivity contribution in [3.8, 4) is 0 Å². The standard InChI is InChI=1S/C8H18S3/c1-5-7(3,9)11-8(4,10)6-2/h9-10H,5-6H2,1-4H3. The quantitative estimate of drug-likeness (QED) is 0.525. The highest BCUT2D eigenvalue weighted by molar-refractivity contribution is 8.18. The van der Waals surface area contributed by atoms with Crippen molar-refractivity contribution >= 4 is 37.0 Å². The first-order chi connectivity index (χ1) is 4.83. The first kappa shape index (κ1) is 12.0. The van der Waals surface area contributed by atoms with E-state index in [2.05, 4.69) is 53.0 Å². The molecule has 0 heterocycles. The first-order valence-electron chi connectivity index (χ1n) is 3.98. The van der Waals surface area contributed by atoms with Gasteiger partial charge in [-0.15, -0.1) is 11.8 Å². The van der Waals surface area contributed by atoms with Crippen molar-refractivity contribution in [3.63, 3.8) is 0 Å². The van der Waals surface area contributed by atoms with E-state index in [-0.39, 0.29) is 8.16 Å². The second-order valence-electron chi connectivity index (χ2n) is 3.16. The van der Waals surface area contributed by atoms with Gasteiger partial charge < -0.3 is 0 Å².